The van der Waals surface area contributed by atoms with Gasteiger partial charge >= 0.3 is 0 Å². The van der Waals surface area contributed by atoms with E-state index in [0.717, 1.165) is 44.8 Å². The van der Waals surface area contributed by atoms with Crippen LogP contribution in [0, 0.1) is 28.4 Å². The fraction of sp³-hybridized carbons (Fsp3) is 0.0333. The van der Waals surface area contributed by atoms with Crippen LogP contribution < -0.4 is 0 Å². The highest BCUT2D eigenvalue weighted by molar-refractivity contribution is 7.99. The number of rotatable bonds is 6. The number of pyridine rings is 1. The molecule has 0 saturated heterocycles. The van der Waals surface area contributed by atoms with Crippen molar-refractivity contribution in [2.75, 3.05) is 0 Å². The summed E-state index contributed by atoms with van der Waals surface area (Å²) in [6, 6.07) is 30.2. The van der Waals surface area contributed by atoms with Crippen molar-refractivity contribution in [1.29, 1.82) is 5.26 Å². The van der Waals surface area contributed by atoms with Gasteiger partial charge in [0.05, 0.1) is 16.2 Å². The first-order valence-electron chi connectivity index (χ1n) is 11.4. The average molecular weight is 502 g/mol. The number of benzene rings is 4. The number of nitro groups is 1. The van der Waals surface area contributed by atoms with Crippen molar-refractivity contribution >= 4 is 34.5 Å². The Morgan fingerprint density at radius 3 is 2.49 bits per heavy atom. The van der Waals surface area contributed by atoms with Crippen LogP contribution in [0.1, 0.15) is 21.5 Å². The van der Waals surface area contributed by atoms with Crippen LogP contribution in [0.5, 0.6) is 0 Å². The molecule has 0 radical (unpaired) electrons. The summed E-state index contributed by atoms with van der Waals surface area (Å²) in [5.74, 6) is 0. The van der Waals surface area contributed by atoms with Crippen molar-refractivity contribution in [1.82, 2.24) is 4.98 Å². The molecule has 0 aliphatic heterocycles. The predicted octanol–water partition coefficient (Wildman–Crippen LogP) is 7.62. The Bertz CT molecular complexity index is 1740. The van der Waals surface area contributed by atoms with E-state index in [0.29, 0.717) is 27.5 Å². The van der Waals surface area contributed by atoms with Gasteiger partial charge in [0.25, 0.3) is 5.69 Å². The lowest BCUT2D eigenvalue weighted by Crippen LogP contribution is -1.98. The zero-order chi connectivity index (χ0) is 25.9. The monoisotopic (exact) mass is 501 g/mol. The van der Waals surface area contributed by atoms with Crippen LogP contribution in [-0.2, 0) is 0 Å². The predicted molar refractivity (Wildman–Crippen MR) is 145 cm³/mol. The van der Waals surface area contributed by atoms with Gasteiger partial charge in [0.2, 0.25) is 0 Å². The summed E-state index contributed by atoms with van der Waals surface area (Å²) in [5.41, 5.74) is 4.61. The number of hydrogen-bond acceptors (Lipinski definition) is 6. The molecular formula is C30H19N3O3S. The summed E-state index contributed by atoms with van der Waals surface area (Å²) >= 11 is 1.15. The maximum Gasteiger partial charge on any atom is 0.270 e. The number of hydrogen-bond donors (Lipinski definition) is 0. The van der Waals surface area contributed by atoms with E-state index in [1.807, 2.05) is 79.7 Å². The second kappa shape index (κ2) is 10.1. The van der Waals surface area contributed by atoms with E-state index >= 15 is 0 Å². The fourth-order valence-corrected chi connectivity index (χ4v) is 5.24. The van der Waals surface area contributed by atoms with E-state index in [1.54, 1.807) is 0 Å². The SMILES string of the molecule is Cc1cccc(-c2cc(-c3cccc4ccccc34)nc(Sc3ccc([N+](=O)[O-])cc3C=O)c2C#N)c1. The van der Waals surface area contributed by atoms with Crippen molar-refractivity contribution < 1.29 is 9.72 Å². The summed E-state index contributed by atoms with van der Waals surface area (Å²) in [6.07, 6.45) is 0.581. The molecule has 0 bridgehead atoms. The van der Waals surface area contributed by atoms with E-state index < -0.39 is 4.92 Å². The minimum Gasteiger partial charge on any atom is -0.298 e. The lowest BCUT2D eigenvalue weighted by molar-refractivity contribution is -0.384. The van der Waals surface area contributed by atoms with Crippen LogP contribution in [0.3, 0.4) is 0 Å². The normalized spacial score (nSPS) is 10.7. The third kappa shape index (κ3) is 4.70. The zero-order valence-corrected chi connectivity index (χ0v) is 20.5. The van der Waals surface area contributed by atoms with Gasteiger partial charge in [-0.1, -0.05) is 84.1 Å². The summed E-state index contributed by atoms with van der Waals surface area (Å²) in [5, 5.41) is 23.9. The molecule has 37 heavy (non-hydrogen) atoms. The van der Waals surface area contributed by atoms with Gasteiger partial charge in [-0.2, -0.15) is 5.26 Å². The second-order valence-electron chi connectivity index (χ2n) is 8.44. The Labute approximate surface area is 217 Å². The molecule has 1 heterocycles. The van der Waals surface area contributed by atoms with E-state index in [-0.39, 0.29) is 11.3 Å². The molecule has 5 rings (SSSR count). The van der Waals surface area contributed by atoms with Gasteiger partial charge in [0, 0.05) is 33.7 Å². The number of aldehydes is 1. The number of fused-ring (bicyclic) bond motifs is 1. The standard InChI is InChI=1S/C30H19N3O3S/c1-19-6-4-9-21(14-19)26-16-28(25-11-5-8-20-7-2-3-10-24(20)25)32-30(27(26)17-31)37-29-13-12-23(33(35)36)15-22(29)18-34/h2-16,18H,1H3. The topological polar surface area (TPSA) is 96.9 Å². The molecular weight excluding hydrogens is 482 g/mol. The Morgan fingerprint density at radius 2 is 1.73 bits per heavy atom. The van der Waals surface area contributed by atoms with Crippen LogP contribution in [0.25, 0.3) is 33.2 Å². The van der Waals surface area contributed by atoms with Gasteiger partial charge in [0.15, 0.2) is 6.29 Å². The molecule has 7 heteroatoms. The molecule has 4 aromatic carbocycles. The smallest absolute Gasteiger partial charge is 0.270 e. The fourth-order valence-electron chi connectivity index (χ4n) is 4.27. The Balaban J connectivity index is 1.76. The Morgan fingerprint density at radius 1 is 0.946 bits per heavy atom. The zero-order valence-electron chi connectivity index (χ0n) is 19.7. The molecule has 5 aromatic rings. The lowest BCUT2D eigenvalue weighted by atomic mass is 9.96. The first kappa shape index (κ1) is 23.9. The second-order valence-corrected chi connectivity index (χ2v) is 9.47. The van der Waals surface area contributed by atoms with E-state index in [9.17, 15) is 20.2 Å². The van der Waals surface area contributed by atoms with Crippen molar-refractivity contribution in [3.63, 3.8) is 0 Å². The first-order chi connectivity index (χ1) is 18.0. The quantitative estimate of drug-likeness (QED) is 0.135. The molecule has 0 amide bonds. The minimum atomic E-state index is -0.544. The maximum atomic E-state index is 11.8. The highest BCUT2D eigenvalue weighted by atomic mass is 32.2. The third-order valence-electron chi connectivity index (χ3n) is 6.03. The highest BCUT2D eigenvalue weighted by Gasteiger charge is 2.20. The molecule has 6 nitrogen and oxygen atoms in total. The van der Waals surface area contributed by atoms with E-state index in [1.165, 1.54) is 18.2 Å². The maximum absolute atomic E-state index is 11.8. The molecule has 0 unspecified atom stereocenters. The molecule has 0 spiro atoms. The number of non-ortho nitro benzene ring substituents is 1. The average Bonchev–Trinajstić information content (AvgIpc) is 2.92. The van der Waals surface area contributed by atoms with Crippen molar-refractivity contribution in [3.8, 4) is 28.5 Å². The van der Waals surface area contributed by atoms with Crippen molar-refractivity contribution in [3.05, 3.63) is 118 Å². The molecule has 178 valence electrons. The number of nitrogens with zero attached hydrogens (tertiary/aromatic N) is 3. The highest BCUT2D eigenvalue weighted by Crippen LogP contribution is 2.40. The summed E-state index contributed by atoms with van der Waals surface area (Å²) < 4.78 is 0. The summed E-state index contributed by atoms with van der Waals surface area (Å²) in [7, 11) is 0. The van der Waals surface area contributed by atoms with Crippen molar-refractivity contribution in [2.45, 2.75) is 16.8 Å². The largest absolute Gasteiger partial charge is 0.298 e. The third-order valence-corrected chi connectivity index (χ3v) is 7.11. The van der Waals surface area contributed by atoms with E-state index in [4.69, 9.17) is 4.98 Å². The summed E-state index contributed by atoms with van der Waals surface area (Å²) in [4.78, 5) is 27.8. The number of aryl methyl sites for hydroxylation is 1. The molecule has 0 aliphatic rings. The van der Waals surface area contributed by atoms with Gasteiger partial charge in [0.1, 0.15) is 11.1 Å². The van der Waals surface area contributed by atoms with Crippen LogP contribution in [0.4, 0.5) is 5.69 Å². The molecule has 0 N–H and O–H groups in total. The van der Waals surface area contributed by atoms with Gasteiger partial charge in [-0.05, 0) is 35.4 Å². The van der Waals surface area contributed by atoms with Gasteiger partial charge in [-0.25, -0.2) is 4.98 Å². The number of carbonyl (C=O) groups excluding carboxylic acids is 1. The van der Waals surface area contributed by atoms with Crippen LogP contribution in [-0.4, -0.2) is 16.2 Å². The van der Waals surface area contributed by atoms with Crippen LogP contribution in [0.2, 0.25) is 0 Å². The molecule has 1 aromatic heterocycles. The Hall–Kier alpha value is -4.80. The minimum absolute atomic E-state index is 0.164. The first-order valence-corrected chi connectivity index (χ1v) is 12.2. The number of nitro benzene ring substituents is 1. The van der Waals surface area contributed by atoms with Crippen molar-refractivity contribution in [2.24, 2.45) is 0 Å². The van der Waals surface area contributed by atoms with Gasteiger partial charge in [-0.3, -0.25) is 14.9 Å². The van der Waals surface area contributed by atoms with Gasteiger partial charge in [-0.15, -0.1) is 0 Å². The summed E-state index contributed by atoms with van der Waals surface area (Å²) in [6.45, 7) is 1.99. The molecule has 0 fully saturated rings. The lowest BCUT2D eigenvalue weighted by Gasteiger charge is -2.15. The number of carbonyl (C=O) groups is 1. The molecule has 0 aliphatic carbocycles. The Kier molecular flexibility index (Phi) is 6.50. The molecule has 0 atom stereocenters. The van der Waals surface area contributed by atoms with Crippen LogP contribution in [0.15, 0.2) is 101 Å². The van der Waals surface area contributed by atoms with Gasteiger partial charge < -0.3 is 0 Å². The number of nitriles is 1. The molecule has 0 saturated carbocycles. The number of aromatic nitrogens is 1. The van der Waals surface area contributed by atoms with E-state index in [2.05, 4.69) is 6.07 Å². The van der Waals surface area contributed by atoms with Crippen LogP contribution >= 0.6 is 11.8 Å².